The molecule has 11 heteroatoms. The van der Waals surface area contributed by atoms with Crippen LogP contribution in [-0.4, -0.2) is 62.9 Å². The van der Waals surface area contributed by atoms with Gasteiger partial charge in [0.25, 0.3) is 0 Å². The van der Waals surface area contributed by atoms with E-state index in [-0.39, 0.29) is 11.6 Å². The predicted molar refractivity (Wildman–Crippen MR) is 95.9 cm³/mol. The molecule has 4 atom stereocenters. The molecular weight excluding hydrogens is 372 g/mol. The topological polar surface area (TPSA) is 161 Å². The highest BCUT2D eigenvalue weighted by Crippen LogP contribution is 2.45. The maximum Gasteiger partial charge on any atom is 0.351 e. The van der Waals surface area contributed by atoms with Crippen LogP contribution in [0.25, 0.3) is 0 Å². The number of anilines is 2. The molecule has 0 unspecified atom stereocenters. The van der Waals surface area contributed by atoms with E-state index in [1.165, 1.54) is 6.20 Å². The largest absolute Gasteiger partial charge is 0.490 e. The second-order valence-electron chi connectivity index (χ2n) is 6.37. The second-order valence-corrected chi connectivity index (χ2v) is 6.37. The first kappa shape index (κ1) is 18.7. The molecule has 1 aromatic carbocycles. The van der Waals surface area contributed by atoms with Gasteiger partial charge in [-0.15, -0.1) is 0 Å². The minimum Gasteiger partial charge on any atom is -0.490 e. The summed E-state index contributed by atoms with van der Waals surface area (Å²) in [6.45, 7) is 0.151. The number of aliphatic hydroxyl groups is 3. The van der Waals surface area contributed by atoms with E-state index < -0.39 is 36.8 Å². The smallest absolute Gasteiger partial charge is 0.351 e. The van der Waals surface area contributed by atoms with Crippen LogP contribution in [0.1, 0.15) is 6.23 Å². The first-order valence-electron chi connectivity index (χ1n) is 8.70. The molecule has 0 amide bonds. The number of para-hydroxylation sites is 1. The number of nitrogens with zero attached hydrogens (tertiary/aromatic N) is 2. The lowest BCUT2D eigenvalue weighted by molar-refractivity contribution is -0.0551. The number of aliphatic hydroxyl groups excluding tert-OH is 3. The zero-order valence-electron chi connectivity index (χ0n) is 14.7. The maximum atomic E-state index is 12.5. The molecule has 6 N–H and O–H groups in total. The van der Waals surface area contributed by atoms with E-state index in [9.17, 15) is 20.1 Å². The van der Waals surface area contributed by atoms with Gasteiger partial charge in [0.2, 0.25) is 0 Å². The van der Waals surface area contributed by atoms with Gasteiger partial charge in [-0.1, -0.05) is 6.07 Å². The van der Waals surface area contributed by atoms with Crippen LogP contribution in [-0.2, 0) is 4.74 Å². The normalized spacial score (nSPS) is 25.4. The van der Waals surface area contributed by atoms with E-state index >= 15 is 0 Å². The summed E-state index contributed by atoms with van der Waals surface area (Å²) in [6.07, 6.45) is -3.63. The van der Waals surface area contributed by atoms with Crippen LogP contribution in [0.5, 0.6) is 17.2 Å². The fourth-order valence-corrected chi connectivity index (χ4v) is 3.15. The van der Waals surface area contributed by atoms with Gasteiger partial charge >= 0.3 is 5.69 Å². The number of benzene rings is 1. The Kier molecular flexibility index (Phi) is 4.91. The lowest BCUT2D eigenvalue weighted by Crippen LogP contribution is -2.36. The number of fused-ring (bicyclic) bond motifs is 2. The molecule has 28 heavy (non-hydrogen) atoms. The van der Waals surface area contributed by atoms with Crippen molar-refractivity contribution in [2.75, 3.05) is 25.1 Å². The fraction of sp³-hybridized carbons (Fsp3) is 0.412. The van der Waals surface area contributed by atoms with Crippen LogP contribution in [0.3, 0.4) is 0 Å². The minimum absolute atomic E-state index is 0.171. The molecule has 2 aliphatic rings. The monoisotopic (exact) mass is 392 g/mol. The van der Waals surface area contributed by atoms with Crippen LogP contribution in [0, 0.1) is 0 Å². The highest BCUT2D eigenvalue weighted by atomic mass is 16.6. The molecule has 1 fully saturated rings. The Morgan fingerprint density at radius 3 is 2.82 bits per heavy atom. The first-order chi connectivity index (χ1) is 13.5. The average Bonchev–Trinajstić information content (AvgIpc) is 2.98. The third-order valence-corrected chi connectivity index (χ3v) is 4.54. The predicted octanol–water partition coefficient (Wildman–Crippen LogP) is -0.958. The molecule has 2 aliphatic heterocycles. The Bertz CT molecular complexity index is 934. The fourth-order valence-electron chi connectivity index (χ4n) is 3.15. The summed E-state index contributed by atoms with van der Waals surface area (Å²) in [5.41, 5.74) is 5.25. The van der Waals surface area contributed by atoms with E-state index in [0.29, 0.717) is 30.3 Å². The third-order valence-electron chi connectivity index (χ3n) is 4.54. The lowest BCUT2D eigenvalue weighted by Gasteiger charge is -2.25. The number of hydrogen-bond acceptors (Lipinski definition) is 10. The summed E-state index contributed by atoms with van der Waals surface area (Å²) in [6, 6.07) is 5.19. The lowest BCUT2D eigenvalue weighted by atomic mass is 10.1. The van der Waals surface area contributed by atoms with Gasteiger partial charge in [0.1, 0.15) is 36.4 Å². The van der Waals surface area contributed by atoms with Gasteiger partial charge in [-0.05, 0) is 12.1 Å². The van der Waals surface area contributed by atoms with Crippen LogP contribution in [0.15, 0.2) is 29.2 Å². The molecule has 0 saturated carbocycles. The second kappa shape index (κ2) is 7.37. The molecule has 2 aromatic rings. The van der Waals surface area contributed by atoms with E-state index in [2.05, 4.69) is 10.3 Å². The van der Waals surface area contributed by atoms with E-state index in [1.807, 2.05) is 0 Å². The van der Waals surface area contributed by atoms with Gasteiger partial charge in [0, 0.05) is 6.54 Å². The Morgan fingerprint density at radius 2 is 2.11 bits per heavy atom. The van der Waals surface area contributed by atoms with Crippen molar-refractivity contribution in [1.82, 2.24) is 9.55 Å². The molecular formula is C17H20N4O7. The van der Waals surface area contributed by atoms with Gasteiger partial charge in [0.05, 0.1) is 12.8 Å². The van der Waals surface area contributed by atoms with Crippen LogP contribution in [0.2, 0.25) is 0 Å². The molecule has 150 valence electrons. The number of nitrogens with two attached hydrogens (primary N) is 1. The number of ether oxygens (including phenoxy) is 3. The van der Waals surface area contributed by atoms with Crippen molar-refractivity contribution in [2.45, 2.75) is 24.5 Å². The van der Waals surface area contributed by atoms with Gasteiger partial charge in [0.15, 0.2) is 23.5 Å². The van der Waals surface area contributed by atoms with Crippen LogP contribution in [0.4, 0.5) is 11.5 Å². The Morgan fingerprint density at radius 1 is 1.29 bits per heavy atom. The summed E-state index contributed by atoms with van der Waals surface area (Å²) in [4.78, 5) is 16.4. The Balaban J connectivity index is 1.67. The molecule has 3 heterocycles. The van der Waals surface area contributed by atoms with E-state index in [4.69, 9.17) is 19.9 Å². The third kappa shape index (κ3) is 3.08. The van der Waals surface area contributed by atoms with Gasteiger partial charge in [-0.3, -0.25) is 4.57 Å². The molecule has 0 aliphatic carbocycles. The Hall–Kier alpha value is -2.70. The zero-order chi connectivity index (χ0) is 19.8. The molecule has 0 spiro atoms. The maximum absolute atomic E-state index is 12.5. The van der Waals surface area contributed by atoms with Crippen molar-refractivity contribution in [3.8, 4) is 17.2 Å². The van der Waals surface area contributed by atoms with E-state index in [1.54, 1.807) is 18.2 Å². The van der Waals surface area contributed by atoms with Crippen molar-refractivity contribution >= 4 is 11.5 Å². The number of rotatable bonds is 5. The molecule has 0 radical (unpaired) electrons. The van der Waals surface area contributed by atoms with Gasteiger partial charge < -0.3 is 40.6 Å². The molecule has 4 rings (SSSR count). The van der Waals surface area contributed by atoms with Crippen LogP contribution < -0.4 is 26.2 Å². The summed E-state index contributed by atoms with van der Waals surface area (Å²) >= 11 is 0. The number of nitrogens with one attached hydrogen (secondary N) is 1. The van der Waals surface area contributed by atoms with Crippen molar-refractivity contribution in [3.05, 3.63) is 34.9 Å². The van der Waals surface area contributed by atoms with Crippen molar-refractivity contribution in [3.63, 3.8) is 0 Å². The van der Waals surface area contributed by atoms with Gasteiger partial charge in [-0.25, -0.2) is 4.79 Å². The highest BCUT2D eigenvalue weighted by Gasteiger charge is 2.44. The summed E-state index contributed by atoms with van der Waals surface area (Å²) in [5, 5.41) is 32.3. The minimum atomic E-state index is -1.41. The summed E-state index contributed by atoms with van der Waals surface area (Å²) in [5.74, 6) is 1.35. The van der Waals surface area contributed by atoms with Crippen LogP contribution >= 0.6 is 0 Å². The molecule has 1 aromatic heterocycles. The van der Waals surface area contributed by atoms with Gasteiger partial charge in [-0.2, -0.15) is 4.98 Å². The van der Waals surface area contributed by atoms with E-state index in [0.717, 1.165) is 4.57 Å². The molecule has 1 saturated heterocycles. The average molecular weight is 392 g/mol. The van der Waals surface area contributed by atoms with Crippen molar-refractivity contribution in [1.29, 1.82) is 0 Å². The summed E-state index contributed by atoms with van der Waals surface area (Å²) < 4.78 is 17.8. The molecule has 0 bridgehead atoms. The number of hydrogen-bond donors (Lipinski definition) is 5. The summed E-state index contributed by atoms with van der Waals surface area (Å²) in [7, 11) is 0. The Labute approximate surface area is 158 Å². The molecule has 11 nitrogen and oxygen atoms in total. The zero-order valence-corrected chi connectivity index (χ0v) is 14.7. The van der Waals surface area contributed by atoms with Crippen molar-refractivity contribution in [2.24, 2.45) is 5.73 Å². The number of aromatic nitrogens is 2. The van der Waals surface area contributed by atoms with Crippen molar-refractivity contribution < 1.29 is 29.5 Å². The quantitative estimate of drug-likeness (QED) is 0.366. The standard InChI is InChI=1S/C17H20N4O7/c18-4-5-26-8-2-1-3-9-12(8)19-15-10(27-9)6-21(17(25)20-15)16-14(24)13(23)11(7-22)28-16/h1-3,6,11,13-14,16,22-24H,4-5,7,18H2,(H,19,20,25)/t11-,13-,14-,16-/m1/s1. The highest BCUT2D eigenvalue weighted by molar-refractivity contribution is 5.77. The SMILES string of the molecule is NCCOc1cccc2c1Nc1nc(=O)n([C@@H]3O[C@H](CO)[C@@H](O)[C@H]3O)cc1O2. The first-order valence-corrected chi connectivity index (χ1v) is 8.70.